The zero-order valence-electron chi connectivity index (χ0n) is 18.7. The van der Waals surface area contributed by atoms with E-state index in [4.69, 9.17) is 21.6 Å². The van der Waals surface area contributed by atoms with Crippen molar-refractivity contribution in [1.29, 1.82) is 0 Å². The number of hydrogen-bond acceptors (Lipinski definition) is 6. The molecule has 8 heteroatoms. The molecular weight excluding hydrogens is 410 g/mol. The van der Waals surface area contributed by atoms with Crippen LogP contribution >= 0.6 is 11.6 Å². The van der Waals surface area contributed by atoms with E-state index in [-0.39, 0.29) is 5.41 Å². The Bertz CT molecular complexity index is 937. The molecule has 0 amide bonds. The van der Waals surface area contributed by atoms with Crippen LogP contribution in [0.15, 0.2) is 35.5 Å². The molecule has 0 aliphatic carbocycles. The van der Waals surface area contributed by atoms with Crippen molar-refractivity contribution in [2.75, 3.05) is 57.5 Å². The van der Waals surface area contributed by atoms with Gasteiger partial charge in [-0.2, -0.15) is 4.98 Å². The molecule has 2 aliphatic rings. The van der Waals surface area contributed by atoms with Crippen molar-refractivity contribution in [2.45, 2.75) is 25.8 Å². The Hall–Kier alpha value is -2.22. The van der Waals surface area contributed by atoms with Gasteiger partial charge < -0.3 is 20.4 Å². The van der Waals surface area contributed by atoms with Crippen molar-refractivity contribution in [3.8, 4) is 0 Å². The van der Waals surface area contributed by atoms with Crippen LogP contribution in [0.25, 0.3) is 0 Å². The van der Waals surface area contributed by atoms with Gasteiger partial charge in [0.2, 0.25) is 5.95 Å². The minimum Gasteiger partial charge on any atom is -0.343 e. The smallest absolute Gasteiger partial charge is 0.227 e. The lowest BCUT2D eigenvalue weighted by molar-refractivity contribution is 0.292. The average molecular weight is 442 g/mol. The molecule has 0 unspecified atom stereocenters. The summed E-state index contributed by atoms with van der Waals surface area (Å²) < 4.78 is 0. The van der Waals surface area contributed by atoms with Gasteiger partial charge in [0.1, 0.15) is 11.7 Å². The quantitative estimate of drug-likeness (QED) is 0.718. The summed E-state index contributed by atoms with van der Waals surface area (Å²) in [6.45, 7) is 4.43. The van der Waals surface area contributed by atoms with E-state index in [1.54, 1.807) is 0 Å². The number of benzene rings is 1. The third-order valence-electron chi connectivity index (χ3n) is 6.21. The highest BCUT2D eigenvalue weighted by molar-refractivity contribution is 6.30. The van der Waals surface area contributed by atoms with Crippen LogP contribution in [0.3, 0.4) is 0 Å². The summed E-state index contributed by atoms with van der Waals surface area (Å²) in [5.41, 5.74) is 2.30. The van der Waals surface area contributed by atoms with E-state index >= 15 is 0 Å². The number of rotatable bonds is 6. The van der Waals surface area contributed by atoms with Crippen LogP contribution in [0.2, 0.25) is 5.02 Å². The molecule has 3 heterocycles. The third-order valence-corrected chi connectivity index (χ3v) is 6.45. The minimum absolute atomic E-state index is 0.0124. The predicted octanol–water partition coefficient (Wildman–Crippen LogP) is 3.06. The molecule has 166 valence electrons. The summed E-state index contributed by atoms with van der Waals surface area (Å²) in [5, 5.41) is 7.84. The standard InChI is InChI=1S/C23H32ClN7/c1-30(2)11-12-31(3)22-27-16-18-14-23(7-9-25-10-8-23)21(28-20(18)29-22)26-15-17-5-4-6-19(24)13-17/h4-6,13,16,25H,7-12,14-15H2,1-3H3,(H,26,27,28,29). The average Bonchev–Trinajstić information content (AvgIpc) is 2.76. The molecule has 1 aromatic heterocycles. The van der Waals surface area contributed by atoms with Crippen LogP contribution in [-0.2, 0) is 13.0 Å². The fourth-order valence-corrected chi connectivity index (χ4v) is 4.51. The van der Waals surface area contributed by atoms with Gasteiger partial charge in [-0.15, -0.1) is 0 Å². The zero-order valence-corrected chi connectivity index (χ0v) is 19.4. The van der Waals surface area contributed by atoms with Gasteiger partial charge in [0.15, 0.2) is 0 Å². The van der Waals surface area contributed by atoms with Gasteiger partial charge in [0.05, 0.1) is 6.54 Å². The van der Waals surface area contributed by atoms with Crippen LogP contribution in [0.1, 0.15) is 24.0 Å². The number of fused-ring (bicyclic) bond motifs is 1. The van der Waals surface area contributed by atoms with Crippen molar-refractivity contribution in [3.63, 3.8) is 0 Å². The molecule has 4 rings (SSSR count). The monoisotopic (exact) mass is 441 g/mol. The van der Waals surface area contributed by atoms with Crippen LogP contribution in [0.4, 0.5) is 11.8 Å². The molecule has 0 radical (unpaired) electrons. The number of piperidine rings is 1. The van der Waals surface area contributed by atoms with Gasteiger partial charge in [-0.3, -0.25) is 4.99 Å². The van der Waals surface area contributed by atoms with E-state index < -0.39 is 0 Å². The largest absolute Gasteiger partial charge is 0.343 e. The Morgan fingerprint density at radius 3 is 2.71 bits per heavy atom. The molecule has 1 fully saturated rings. The third kappa shape index (κ3) is 5.17. The first-order valence-corrected chi connectivity index (χ1v) is 11.3. The Morgan fingerprint density at radius 1 is 1.16 bits per heavy atom. The Labute approximate surface area is 189 Å². The number of aliphatic imine (C=N–C) groups is 1. The van der Waals surface area contributed by atoms with Crippen LogP contribution in [0.5, 0.6) is 0 Å². The molecule has 7 nitrogen and oxygen atoms in total. The maximum Gasteiger partial charge on any atom is 0.227 e. The maximum absolute atomic E-state index is 6.17. The van der Waals surface area contributed by atoms with E-state index in [0.29, 0.717) is 6.54 Å². The second-order valence-corrected chi connectivity index (χ2v) is 9.33. The number of nitrogens with zero attached hydrogens (tertiary/aromatic N) is 5. The first kappa shape index (κ1) is 22.0. The molecule has 31 heavy (non-hydrogen) atoms. The highest BCUT2D eigenvalue weighted by atomic mass is 35.5. The first-order chi connectivity index (χ1) is 14.9. The zero-order chi connectivity index (χ0) is 21.8. The van der Waals surface area contributed by atoms with Gasteiger partial charge in [-0.05, 0) is 64.1 Å². The summed E-state index contributed by atoms with van der Waals surface area (Å²) in [6, 6.07) is 7.93. The Balaban J connectivity index is 1.60. The van der Waals surface area contributed by atoms with Gasteiger partial charge in [0.25, 0.3) is 0 Å². The van der Waals surface area contributed by atoms with E-state index in [0.717, 1.165) is 73.6 Å². The van der Waals surface area contributed by atoms with Crippen molar-refractivity contribution in [1.82, 2.24) is 20.2 Å². The molecule has 1 spiro atoms. The summed E-state index contributed by atoms with van der Waals surface area (Å²) in [4.78, 5) is 18.8. The predicted molar refractivity (Wildman–Crippen MR) is 128 cm³/mol. The summed E-state index contributed by atoms with van der Waals surface area (Å²) in [6.07, 6.45) is 5.03. The van der Waals surface area contributed by atoms with Crippen LogP contribution < -0.4 is 15.5 Å². The number of hydrogen-bond donors (Lipinski definition) is 2. The van der Waals surface area contributed by atoms with Crippen molar-refractivity contribution in [3.05, 3.63) is 46.6 Å². The van der Waals surface area contributed by atoms with Crippen molar-refractivity contribution < 1.29 is 0 Å². The molecule has 2 aromatic rings. The topological polar surface area (TPSA) is 68.7 Å². The summed E-state index contributed by atoms with van der Waals surface area (Å²) >= 11 is 6.17. The van der Waals surface area contributed by atoms with Crippen molar-refractivity contribution >= 4 is 29.2 Å². The molecule has 0 bridgehead atoms. The van der Waals surface area contributed by atoms with E-state index in [1.165, 1.54) is 5.56 Å². The van der Waals surface area contributed by atoms with E-state index in [1.807, 2.05) is 31.4 Å². The lowest BCUT2D eigenvalue weighted by Gasteiger charge is -2.42. The van der Waals surface area contributed by atoms with Gasteiger partial charge in [-0.1, -0.05) is 23.7 Å². The molecule has 1 aromatic carbocycles. The molecular formula is C23H32ClN7. The fourth-order valence-electron chi connectivity index (χ4n) is 4.29. The SMILES string of the molecule is CN(C)CCN(C)c1ncc2c(n1)NC(=NCc1cccc(Cl)c1)C1(CCNCC1)C2. The van der Waals surface area contributed by atoms with E-state index in [2.05, 4.69) is 45.6 Å². The second-order valence-electron chi connectivity index (χ2n) is 8.90. The number of anilines is 2. The lowest BCUT2D eigenvalue weighted by Crippen LogP contribution is -2.49. The van der Waals surface area contributed by atoms with Crippen LogP contribution in [0, 0.1) is 5.41 Å². The Kier molecular flexibility index (Phi) is 6.74. The van der Waals surface area contributed by atoms with Gasteiger partial charge in [0, 0.05) is 42.3 Å². The number of amidine groups is 1. The van der Waals surface area contributed by atoms with Gasteiger partial charge >= 0.3 is 0 Å². The minimum atomic E-state index is 0.0124. The maximum atomic E-state index is 6.17. The number of aromatic nitrogens is 2. The lowest BCUT2D eigenvalue weighted by atomic mass is 9.71. The number of likely N-dealkylation sites (N-methyl/N-ethyl adjacent to an activating group) is 2. The number of nitrogens with one attached hydrogen (secondary N) is 2. The van der Waals surface area contributed by atoms with Gasteiger partial charge in [-0.25, -0.2) is 4.98 Å². The second kappa shape index (κ2) is 9.51. The molecule has 0 atom stereocenters. The number of halogens is 1. The highest BCUT2D eigenvalue weighted by Gasteiger charge is 2.41. The van der Waals surface area contributed by atoms with Crippen LogP contribution in [-0.4, -0.2) is 68.0 Å². The highest BCUT2D eigenvalue weighted by Crippen LogP contribution is 2.40. The van der Waals surface area contributed by atoms with E-state index in [9.17, 15) is 0 Å². The molecule has 1 saturated heterocycles. The summed E-state index contributed by atoms with van der Waals surface area (Å²) in [5.74, 6) is 2.67. The molecule has 0 saturated carbocycles. The molecule has 2 aliphatic heterocycles. The normalized spacial score (nSPS) is 18.8. The summed E-state index contributed by atoms with van der Waals surface area (Å²) in [7, 11) is 6.19. The van der Waals surface area contributed by atoms with Crippen molar-refractivity contribution in [2.24, 2.45) is 10.4 Å². The first-order valence-electron chi connectivity index (χ1n) is 10.9. The fraction of sp³-hybridized carbons (Fsp3) is 0.522. The molecule has 2 N–H and O–H groups in total. The Morgan fingerprint density at radius 2 is 1.97 bits per heavy atom.